The highest BCUT2D eigenvalue weighted by Crippen LogP contribution is 2.39. The summed E-state index contributed by atoms with van der Waals surface area (Å²) in [4.78, 5) is 21.4. The van der Waals surface area contributed by atoms with Crippen molar-refractivity contribution in [2.45, 2.75) is 32.6 Å². The summed E-state index contributed by atoms with van der Waals surface area (Å²) < 4.78 is 0. The van der Waals surface area contributed by atoms with E-state index in [-0.39, 0.29) is 0 Å². The molecule has 150 valence electrons. The Kier molecular flexibility index (Phi) is 4.83. The van der Waals surface area contributed by atoms with Gasteiger partial charge in [0.15, 0.2) is 0 Å². The zero-order valence-corrected chi connectivity index (χ0v) is 17.6. The molecule has 0 unspecified atom stereocenters. The van der Waals surface area contributed by atoms with E-state index in [1.165, 1.54) is 22.4 Å². The van der Waals surface area contributed by atoms with Gasteiger partial charge < -0.3 is 9.80 Å². The van der Waals surface area contributed by atoms with Crippen LogP contribution in [0.4, 0.5) is 5.69 Å². The first-order valence-corrected chi connectivity index (χ1v) is 11.0. The smallest absolute Gasteiger partial charge is 0.225 e. The van der Waals surface area contributed by atoms with Gasteiger partial charge in [-0.05, 0) is 54.2 Å². The van der Waals surface area contributed by atoms with Crippen LogP contribution >= 0.6 is 11.6 Å². The molecule has 29 heavy (non-hydrogen) atoms. The van der Waals surface area contributed by atoms with Crippen LogP contribution in [0.1, 0.15) is 42.1 Å². The number of carbonyl (C=O) groups is 1. The summed E-state index contributed by atoms with van der Waals surface area (Å²) in [6, 6.07) is 8.49. The molecule has 1 saturated heterocycles. The molecule has 0 atom stereocenters. The molecule has 1 amide bonds. The highest BCUT2D eigenvalue weighted by molar-refractivity contribution is 6.32. The summed E-state index contributed by atoms with van der Waals surface area (Å²) in [5.41, 5.74) is 7.14. The minimum atomic E-state index is 0.307. The fourth-order valence-electron chi connectivity index (χ4n) is 4.45. The van der Waals surface area contributed by atoms with Crippen molar-refractivity contribution in [1.29, 1.82) is 0 Å². The van der Waals surface area contributed by atoms with Crippen molar-refractivity contribution >= 4 is 34.8 Å². The van der Waals surface area contributed by atoms with Gasteiger partial charge in [-0.25, -0.2) is 0 Å². The van der Waals surface area contributed by atoms with E-state index in [0.717, 1.165) is 68.1 Å². The van der Waals surface area contributed by atoms with Crippen LogP contribution in [0.5, 0.6) is 0 Å². The number of rotatable bonds is 4. The summed E-state index contributed by atoms with van der Waals surface area (Å²) >= 11 is 6.59. The van der Waals surface area contributed by atoms with Crippen molar-refractivity contribution in [3.8, 4) is 0 Å². The van der Waals surface area contributed by atoms with Crippen molar-refractivity contribution in [3.05, 3.63) is 57.9 Å². The number of aryl methyl sites for hydroxylation is 1. The van der Waals surface area contributed by atoms with Crippen molar-refractivity contribution in [2.75, 3.05) is 31.1 Å². The maximum absolute atomic E-state index is 12.3. The van der Waals surface area contributed by atoms with Crippen LogP contribution < -0.4 is 4.90 Å². The largest absolute Gasteiger partial charge is 0.367 e. The van der Waals surface area contributed by atoms with Gasteiger partial charge in [-0.2, -0.15) is 0 Å². The summed E-state index contributed by atoms with van der Waals surface area (Å²) in [7, 11) is 0. The number of piperazine rings is 1. The normalized spacial score (nSPS) is 18.6. The van der Waals surface area contributed by atoms with Gasteiger partial charge in [0.1, 0.15) is 0 Å². The second kappa shape index (κ2) is 7.49. The van der Waals surface area contributed by atoms with Crippen molar-refractivity contribution in [1.82, 2.24) is 9.88 Å². The molecule has 4 nitrogen and oxygen atoms in total. The standard InChI is InChI=1S/C24H26ClN3O/c1-2-16-3-6-19(21(25)13-16)18-14-20-22(15-18)26-8-7-23(20)27-9-11-28(12-10-27)24(29)17-4-5-17/h3,6-8,13-14,17H,2,4-5,9-12,15H2,1H3. The highest BCUT2D eigenvalue weighted by Gasteiger charge is 2.35. The van der Waals surface area contributed by atoms with Crippen molar-refractivity contribution < 1.29 is 4.79 Å². The minimum absolute atomic E-state index is 0.307. The summed E-state index contributed by atoms with van der Waals surface area (Å²) in [6.07, 6.45) is 8.12. The number of anilines is 1. The third kappa shape index (κ3) is 3.55. The number of amides is 1. The number of hydrogen-bond acceptors (Lipinski definition) is 3. The van der Waals surface area contributed by atoms with Gasteiger partial charge >= 0.3 is 0 Å². The Morgan fingerprint density at radius 1 is 1.17 bits per heavy atom. The lowest BCUT2D eigenvalue weighted by molar-refractivity contribution is -0.132. The molecule has 1 aliphatic heterocycles. The van der Waals surface area contributed by atoms with Crippen molar-refractivity contribution in [3.63, 3.8) is 0 Å². The maximum Gasteiger partial charge on any atom is 0.225 e. The summed E-state index contributed by atoms with van der Waals surface area (Å²) in [6.45, 7) is 5.53. The Morgan fingerprint density at radius 3 is 2.66 bits per heavy atom. The number of hydrogen-bond donors (Lipinski definition) is 0. The zero-order chi connectivity index (χ0) is 20.0. The summed E-state index contributed by atoms with van der Waals surface area (Å²) in [5, 5.41) is 0.817. The first kappa shape index (κ1) is 18.7. The molecular formula is C24H26ClN3O. The SMILES string of the molecule is CCc1ccc(C2=Cc3c(N4CCN(C(=O)C5CC5)CC4)ccnc3C2)c(Cl)c1. The van der Waals surface area contributed by atoms with E-state index in [4.69, 9.17) is 11.6 Å². The number of fused-ring (bicyclic) bond motifs is 1. The Bertz CT molecular complexity index is 988. The van der Waals surface area contributed by atoms with Gasteiger partial charge in [0.25, 0.3) is 0 Å². The van der Waals surface area contributed by atoms with Crippen LogP contribution in [0.15, 0.2) is 30.5 Å². The molecule has 2 heterocycles. The van der Waals surface area contributed by atoms with E-state index in [0.29, 0.717) is 11.8 Å². The summed E-state index contributed by atoms with van der Waals surface area (Å²) in [5.74, 6) is 0.665. The van der Waals surface area contributed by atoms with Crippen LogP contribution in [0, 0.1) is 5.92 Å². The first-order valence-electron chi connectivity index (χ1n) is 10.6. The molecule has 1 aromatic carbocycles. The average molecular weight is 408 g/mol. The molecule has 5 rings (SSSR count). The molecule has 5 heteroatoms. The number of halogens is 1. The van der Waals surface area contributed by atoms with Gasteiger partial charge in [-0.1, -0.05) is 30.7 Å². The molecule has 0 bridgehead atoms. The quantitative estimate of drug-likeness (QED) is 0.751. The Morgan fingerprint density at radius 2 is 1.97 bits per heavy atom. The Labute approximate surface area is 177 Å². The van der Waals surface area contributed by atoms with E-state index < -0.39 is 0 Å². The number of pyridine rings is 1. The first-order chi connectivity index (χ1) is 14.1. The van der Waals surface area contributed by atoms with Crippen molar-refractivity contribution in [2.24, 2.45) is 5.92 Å². The number of carbonyl (C=O) groups excluding carboxylic acids is 1. The second-order valence-electron chi connectivity index (χ2n) is 8.29. The molecule has 2 aromatic rings. The lowest BCUT2D eigenvalue weighted by atomic mass is 10.0. The van der Waals surface area contributed by atoms with E-state index in [9.17, 15) is 4.79 Å². The zero-order valence-electron chi connectivity index (χ0n) is 16.8. The van der Waals surface area contributed by atoms with Crippen LogP contribution in [0.25, 0.3) is 11.6 Å². The third-order valence-electron chi connectivity index (χ3n) is 6.37. The molecule has 1 aromatic heterocycles. The monoisotopic (exact) mass is 407 g/mol. The van der Waals surface area contributed by atoms with E-state index >= 15 is 0 Å². The topological polar surface area (TPSA) is 36.4 Å². The molecular weight excluding hydrogens is 382 g/mol. The Balaban J connectivity index is 1.37. The van der Waals surface area contributed by atoms with Crippen LogP contribution in [0.2, 0.25) is 5.02 Å². The molecule has 3 aliphatic rings. The molecule has 0 N–H and O–H groups in total. The average Bonchev–Trinajstić information content (AvgIpc) is 3.51. The lowest BCUT2D eigenvalue weighted by Gasteiger charge is -2.37. The highest BCUT2D eigenvalue weighted by atomic mass is 35.5. The molecule has 0 radical (unpaired) electrons. The Hall–Kier alpha value is -2.33. The molecule has 2 aliphatic carbocycles. The van der Waals surface area contributed by atoms with E-state index in [1.54, 1.807) is 0 Å². The number of aromatic nitrogens is 1. The van der Waals surface area contributed by atoms with Crippen LogP contribution in [-0.2, 0) is 17.6 Å². The van der Waals surface area contributed by atoms with E-state index in [2.05, 4.69) is 47.1 Å². The fourth-order valence-corrected chi connectivity index (χ4v) is 4.78. The van der Waals surface area contributed by atoms with Gasteiger partial charge in [0.05, 0.1) is 5.69 Å². The van der Waals surface area contributed by atoms with Gasteiger partial charge in [-0.3, -0.25) is 9.78 Å². The minimum Gasteiger partial charge on any atom is -0.367 e. The van der Waals surface area contributed by atoms with E-state index in [1.807, 2.05) is 11.1 Å². The number of benzene rings is 1. The van der Waals surface area contributed by atoms with Gasteiger partial charge in [0.2, 0.25) is 5.91 Å². The van der Waals surface area contributed by atoms with Gasteiger partial charge in [0, 0.05) is 61.0 Å². The molecule has 1 saturated carbocycles. The van der Waals surface area contributed by atoms with Gasteiger partial charge in [-0.15, -0.1) is 0 Å². The predicted octanol–water partition coefficient (Wildman–Crippen LogP) is 4.45. The maximum atomic E-state index is 12.3. The third-order valence-corrected chi connectivity index (χ3v) is 6.69. The van der Waals surface area contributed by atoms with Crippen LogP contribution in [0.3, 0.4) is 0 Å². The fraction of sp³-hybridized carbons (Fsp3) is 0.417. The van der Waals surface area contributed by atoms with Crippen LogP contribution in [-0.4, -0.2) is 42.0 Å². The lowest BCUT2D eigenvalue weighted by Crippen LogP contribution is -2.49. The predicted molar refractivity (Wildman–Crippen MR) is 118 cm³/mol. The molecule has 2 fully saturated rings. The molecule has 0 spiro atoms. The second-order valence-corrected chi connectivity index (χ2v) is 8.70. The number of nitrogens with zero attached hydrogens (tertiary/aromatic N) is 3. The number of allylic oxidation sites excluding steroid dienone is 1.